The number of para-hydroxylation sites is 1. The highest BCUT2D eigenvalue weighted by Gasteiger charge is 2.34. The number of carbonyl (C=O) groups is 1. The average molecular weight is 412 g/mol. The number of amides is 1. The molecule has 29 heavy (non-hydrogen) atoms. The van der Waals surface area contributed by atoms with Gasteiger partial charge in [-0.3, -0.25) is 4.79 Å². The molecule has 0 atom stereocenters. The molecule has 0 spiro atoms. The molecular weight excluding hydrogens is 391 g/mol. The average Bonchev–Trinajstić information content (AvgIpc) is 2.67. The highest BCUT2D eigenvalue weighted by atomic mass is 19.4. The Hall–Kier alpha value is -3.16. The molecule has 2 aromatic rings. The fraction of sp³-hybridized carbons (Fsp3) is 0.190. The molecule has 0 saturated carbocycles. The highest BCUT2D eigenvalue weighted by molar-refractivity contribution is 5.97. The summed E-state index contributed by atoms with van der Waals surface area (Å²) in [6.45, 7) is 7.51. The summed E-state index contributed by atoms with van der Waals surface area (Å²) >= 11 is 0. The van der Waals surface area contributed by atoms with Gasteiger partial charge in [-0.2, -0.15) is 13.2 Å². The number of hydrogen-bond acceptors (Lipinski definition) is 2. The topological polar surface area (TPSA) is 32.3 Å². The lowest BCUT2D eigenvalue weighted by atomic mass is 10.1. The summed E-state index contributed by atoms with van der Waals surface area (Å²) in [7, 11) is 1.37. The number of halogens is 5. The highest BCUT2D eigenvalue weighted by Crippen LogP contribution is 2.31. The molecular formula is C21H21F5N2O. The summed E-state index contributed by atoms with van der Waals surface area (Å²) in [5.41, 5.74) is -2.02. The third-order valence-corrected chi connectivity index (χ3v) is 3.54. The summed E-state index contributed by atoms with van der Waals surface area (Å²) < 4.78 is 66.3. The third-order valence-electron chi connectivity index (χ3n) is 3.54. The van der Waals surface area contributed by atoms with Gasteiger partial charge in [0.05, 0.1) is 11.1 Å². The minimum atomic E-state index is -4.69. The molecule has 0 fully saturated rings. The van der Waals surface area contributed by atoms with Gasteiger partial charge in [-0.05, 0) is 30.3 Å². The minimum Gasteiger partial charge on any atom is -0.346 e. The molecule has 2 rings (SSSR count). The molecule has 0 heterocycles. The van der Waals surface area contributed by atoms with Gasteiger partial charge in [0.1, 0.15) is 17.3 Å². The van der Waals surface area contributed by atoms with Crippen molar-refractivity contribution in [3.05, 3.63) is 89.8 Å². The Labute approximate surface area is 166 Å². The third kappa shape index (κ3) is 6.44. The minimum absolute atomic E-state index is 0.0550. The van der Waals surface area contributed by atoms with Crippen molar-refractivity contribution in [3.63, 3.8) is 0 Å². The molecule has 8 heteroatoms. The Morgan fingerprint density at radius 2 is 1.59 bits per heavy atom. The lowest BCUT2D eigenvalue weighted by molar-refractivity contribution is -0.137. The second-order valence-corrected chi connectivity index (χ2v) is 5.52. The van der Waals surface area contributed by atoms with Gasteiger partial charge in [-0.25, -0.2) is 8.78 Å². The van der Waals surface area contributed by atoms with Crippen molar-refractivity contribution in [2.24, 2.45) is 0 Å². The monoisotopic (exact) mass is 412 g/mol. The largest absolute Gasteiger partial charge is 0.417 e. The molecule has 0 saturated heterocycles. The van der Waals surface area contributed by atoms with Crippen molar-refractivity contribution in [2.75, 3.05) is 11.9 Å². The molecule has 0 unspecified atom stereocenters. The molecule has 156 valence electrons. The van der Waals surface area contributed by atoms with Crippen molar-refractivity contribution in [3.8, 4) is 0 Å². The Bertz CT molecular complexity index is 871. The molecule has 1 N–H and O–H groups in total. The van der Waals surface area contributed by atoms with E-state index in [-0.39, 0.29) is 11.4 Å². The predicted molar refractivity (Wildman–Crippen MR) is 103 cm³/mol. The standard InChI is InChI=1S/C19H15F5N2O.C2H6/c1-12(10-11-26(2)17-15(20)8-5-9-16(17)21)25-18(27)13-6-3-4-7-14(13)19(22,23)24;1-2/h3-11H,1H2,2H3,(H,25,27);1-2H3/b11-10-;. The predicted octanol–water partition coefficient (Wildman–Crippen LogP) is 5.90. The van der Waals surface area contributed by atoms with E-state index in [2.05, 4.69) is 11.9 Å². The first kappa shape index (κ1) is 23.9. The van der Waals surface area contributed by atoms with Crippen LogP contribution < -0.4 is 10.2 Å². The van der Waals surface area contributed by atoms with Crippen LogP contribution in [-0.4, -0.2) is 13.0 Å². The first-order chi connectivity index (χ1) is 13.6. The van der Waals surface area contributed by atoms with Crippen LogP contribution in [0, 0.1) is 11.6 Å². The SMILES string of the molecule is C=C(/C=C\N(C)c1c(F)cccc1F)NC(=O)c1ccccc1C(F)(F)F.CC. The van der Waals surface area contributed by atoms with Crippen molar-refractivity contribution in [2.45, 2.75) is 20.0 Å². The molecule has 0 radical (unpaired) electrons. The van der Waals surface area contributed by atoms with Crippen LogP contribution in [0.2, 0.25) is 0 Å². The van der Waals surface area contributed by atoms with Gasteiger partial charge in [0.25, 0.3) is 5.91 Å². The number of rotatable bonds is 5. The summed E-state index contributed by atoms with van der Waals surface area (Å²) in [6, 6.07) is 7.67. The molecule has 0 aliphatic rings. The normalized spacial score (nSPS) is 10.9. The van der Waals surface area contributed by atoms with E-state index in [0.717, 1.165) is 29.2 Å². The van der Waals surface area contributed by atoms with Crippen LogP contribution in [-0.2, 0) is 6.18 Å². The maximum atomic E-state index is 13.7. The van der Waals surface area contributed by atoms with Crippen LogP contribution in [0.15, 0.2) is 67.0 Å². The zero-order valence-corrected chi connectivity index (χ0v) is 16.1. The molecule has 0 aromatic heterocycles. The number of benzene rings is 2. The number of hydrogen-bond donors (Lipinski definition) is 1. The molecule has 0 aliphatic heterocycles. The van der Waals surface area contributed by atoms with Crippen molar-refractivity contribution in [1.29, 1.82) is 0 Å². The number of nitrogens with one attached hydrogen (secondary N) is 1. The maximum absolute atomic E-state index is 13.7. The summed E-state index contributed by atoms with van der Waals surface area (Å²) in [4.78, 5) is 13.2. The van der Waals surface area contributed by atoms with E-state index in [1.54, 1.807) is 0 Å². The van der Waals surface area contributed by atoms with E-state index in [4.69, 9.17) is 0 Å². The van der Waals surface area contributed by atoms with Crippen LogP contribution in [0.25, 0.3) is 0 Å². The molecule has 0 bridgehead atoms. The Morgan fingerprint density at radius 3 is 2.14 bits per heavy atom. The van der Waals surface area contributed by atoms with Gasteiger partial charge < -0.3 is 10.2 Å². The van der Waals surface area contributed by atoms with Crippen LogP contribution in [0.3, 0.4) is 0 Å². The fourth-order valence-electron chi connectivity index (χ4n) is 2.29. The van der Waals surface area contributed by atoms with Crippen molar-refractivity contribution < 1.29 is 26.7 Å². The molecule has 2 aromatic carbocycles. The van der Waals surface area contributed by atoms with Crippen molar-refractivity contribution in [1.82, 2.24) is 5.32 Å². The number of anilines is 1. The Kier molecular flexibility index (Phi) is 8.57. The Morgan fingerprint density at radius 1 is 1.03 bits per heavy atom. The number of carbonyl (C=O) groups excluding carboxylic acids is 1. The number of allylic oxidation sites excluding steroid dienone is 1. The molecule has 1 amide bonds. The van der Waals surface area contributed by atoms with E-state index in [1.165, 1.54) is 37.5 Å². The Balaban J connectivity index is 0.00000204. The van der Waals surface area contributed by atoms with E-state index in [0.29, 0.717) is 0 Å². The van der Waals surface area contributed by atoms with E-state index < -0.39 is 34.8 Å². The first-order valence-corrected chi connectivity index (χ1v) is 8.62. The quantitative estimate of drug-likeness (QED) is 0.490. The summed E-state index contributed by atoms with van der Waals surface area (Å²) in [5.74, 6) is -2.59. The lowest BCUT2D eigenvalue weighted by Gasteiger charge is -2.16. The lowest BCUT2D eigenvalue weighted by Crippen LogP contribution is -2.25. The summed E-state index contributed by atoms with van der Waals surface area (Å²) in [5, 5.41) is 2.21. The molecule has 3 nitrogen and oxygen atoms in total. The van der Waals surface area contributed by atoms with E-state index >= 15 is 0 Å². The van der Waals surface area contributed by atoms with Gasteiger partial charge in [0, 0.05) is 18.9 Å². The van der Waals surface area contributed by atoms with Gasteiger partial charge in [-0.1, -0.05) is 38.6 Å². The van der Waals surface area contributed by atoms with Gasteiger partial charge in [0.2, 0.25) is 0 Å². The van der Waals surface area contributed by atoms with Crippen LogP contribution in [0.1, 0.15) is 29.8 Å². The van der Waals surface area contributed by atoms with Gasteiger partial charge in [-0.15, -0.1) is 0 Å². The van der Waals surface area contributed by atoms with Crippen LogP contribution in [0.5, 0.6) is 0 Å². The number of alkyl halides is 3. The van der Waals surface area contributed by atoms with Gasteiger partial charge in [0.15, 0.2) is 0 Å². The van der Waals surface area contributed by atoms with E-state index in [1.807, 2.05) is 13.8 Å². The second kappa shape index (κ2) is 10.4. The first-order valence-electron chi connectivity index (χ1n) is 8.62. The van der Waals surface area contributed by atoms with Gasteiger partial charge >= 0.3 is 6.18 Å². The zero-order valence-electron chi connectivity index (χ0n) is 16.1. The summed E-state index contributed by atoms with van der Waals surface area (Å²) in [6.07, 6.45) is -2.26. The number of nitrogens with zero attached hydrogens (tertiary/aromatic N) is 1. The van der Waals surface area contributed by atoms with Crippen LogP contribution >= 0.6 is 0 Å². The van der Waals surface area contributed by atoms with Crippen LogP contribution in [0.4, 0.5) is 27.6 Å². The molecule has 0 aliphatic carbocycles. The smallest absolute Gasteiger partial charge is 0.346 e. The zero-order chi connectivity index (χ0) is 22.2. The maximum Gasteiger partial charge on any atom is 0.417 e. The van der Waals surface area contributed by atoms with E-state index in [9.17, 15) is 26.7 Å². The fourth-order valence-corrected chi connectivity index (χ4v) is 2.29. The van der Waals surface area contributed by atoms with Crippen molar-refractivity contribution >= 4 is 11.6 Å². The second-order valence-electron chi connectivity index (χ2n) is 5.52.